The topological polar surface area (TPSA) is 90.1 Å². The number of pyridine rings is 1. The summed E-state index contributed by atoms with van der Waals surface area (Å²) in [5.41, 5.74) is 6.94. The van der Waals surface area contributed by atoms with Crippen LogP contribution in [0.4, 0.5) is 0 Å². The van der Waals surface area contributed by atoms with Crippen molar-refractivity contribution in [3.05, 3.63) is 42.1 Å². The van der Waals surface area contributed by atoms with E-state index < -0.39 is 15.9 Å². The Kier molecular flexibility index (Phi) is 4.15. The van der Waals surface area contributed by atoms with Crippen molar-refractivity contribution < 1.29 is 13.2 Å². The lowest BCUT2D eigenvalue weighted by atomic mass is 10.0. The van der Waals surface area contributed by atoms with Gasteiger partial charge in [-0.2, -0.15) is 0 Å². The quantitative estimate of drug-likeness (QED) is 0.836. The zero-order chi connectivity index (χ0) is 14.8. The molecule has 0 amide bonds. The zero-order valence-corrected chi connectivity index (χ0v) is 11.9. The molecule has 0 fully saturated rings. The number of aromatic nitrogens is 1. The number of hydrogen-bond acceptors (Lipinski definition) is 5. The second-order valence-electron chi connectivity index (χ2n) is 4.80. The first-order chi connectivity index (χ1) is 9.37. The third kappa shape index (κ3) is 3.61. The number of carbonyl (C=O) groups excluding carboxylic acids is 1. The van der Waals surface area contributed by atoms with Gasteiger partial charge in [-0.1, -0.05) is 18.2 Å². The predicted octanol–water partition coefficient (Wildman–Crippen LogP) is 1.18. The fourth-order valence-electron chi connectivity index (χ4n) is 1.91. The van der Waals surface area contributed by atoms with Crippen molar-refractivity contribution in [2.24, 2.45) is 5.73 Å². The van der Waals surface area contributed by atoms with Gasteiger partial charge in [0.25, 0.3) is 0 Å². The summed E-state index contributed by atoms with van der Waals surface area (Å²) in [6, 6.07) is 8.08. The van der Waals surface area contributed by atoms with Gasteiger partial charge in [0.1, 0.15) is 9.84 Å². The number of nitrogens with two attached hydrogens (primary N) is 1. The van der Waals surface area contributed by atoms with Gasteiger partial charge in [-0.05, 0) is 18.6 Å². The molecule has 1 aromatic heterocycles. The van der Waals surface area contributed by atoms with Crippen molar-refractivity contribution in [3.63, 3.8) is 0 Å². The lowest BCUT2D eigenvalue weighted by Crippen LogP contribution is -2.32. The molecule has 5 nitrogen and oxygen atoms in total. The van der Waals surface area contributed by atoms with Crippen molar-refractivity contribution in [3.8, 4) is 0 Å². The van der Waals surface area contributed by atoms with E-state index in [1.54, 1.807) is 24.4 Å². The number of sulfone groups is 1. The molecule has 20 heavy (non-hydrogen) atoms. The maximum atomic E-state index is 12.2. The van der Waals surface area contributed by atoms with Crippen LogP contribution >= 0.6 is 0 Å². The van der Waals surface area contributed by atoms with E-state index in [4.69, 9.17) is 5.73 Å². The van der Waals surface area contributed by atoms with Crippen LogP contribution in [0.5, 0.6) is 0 Å². The Bertz CT molecular complexity index is 741. The standard InChI is InChI=1S/C14H16N2O3S/c1-20(18,19)8-6-12(15)14(17)11-5-4-10-3-2-7-16-13(10)9-11/h2-5,7,9,12H,6,8,15H2,1H3. The molecule has 2 N–H and O–H groups in total. The van der Waals surface area contributed by atoms with E-state index in [0.29, 0.717) is 11.1 Å². The molecule has 1 heterocycles. The van der Waals surface area contributed by atoms with Gasteiger partial charge in [0, 0.05) is 23.4 Å². The molecule has 0 spiro atoms. The first-order valence-corrected chi connectivity index (χ1v) is 8.25. The fraction of sp³-hybridized carbons (Fsp3) is 0.286. The van der Waals surface area contributed by atoms with Gasteiger partial charge in [0.2, 0.25) is 0 Å². The van der Waals surface area contributed by atoms with Crippen LogP contribution in [0.15, 0.2) is 36.5 Å². The molecule has 6 heteroatoms. The molecule has 0 aliphatic carbocycles. The highest BCUT2D eigenvalue weighted by atomic mass is 32.2. The molecular weight excluding hydrogens is 276 g/mol. The number of nitrogens with zero attached hydrogens (tertiary/aromatic N) is 1. The van der Waals surface area contributed by atoms with Crippen molar-refractivity contribution in [1.29, 1.82) is 0 Å². The van der Waals surface area contributed by atoms with E-state index >= 15 is 0 Å². The Balaban J connectivity index is 2.18. The highest BCUT2D eigenvalue weighted by Gasteiger charge is 2.18. The van der Waals surface area contributed by atoms with Gasteiger partial charge < -0.3 is 5.73 Å². The first-order valence-electron chi connectivity index (χ1n) is 6.19. The normalized spacial score (nSPS) is 13.3. The molecule has 0 saturated heterocycles. The van der Waals surface area contributed by atoms with Crippen LogP contribution in [0.3, 0.4) is 0 Å². The number of carbonyl (C=O) groups is 1. The Morgan fingerprint density at radius 3 is 2.80 bits per heavy atom. The second kappa shape index (κ2) is 5.68. The van der Waals surface area contributed by atoms with Crippen LogP contribution in [-0.2, 0) is 9.84 Å². The third-order valence-corrected chi connectivity index (χ3v) is 4.00. The number of hydrogen-bond donors (Lipinski definition) is 1. The summed E-state index contributed by atoms with van der Waals surface area (Å²) in [6.45, 7) is 0. The fourth-order valence-corrected chi connectivity index (χ4v) is 2.59. The predicted molar refractivity (Wildman–Crippen MR) is 78.4 cm³/mol. The Morgan fingerprint density at radius 1 is 1.35 bits per heavy atom. The summed E-state index contributed by atoms with van der Waals surface area (Å²) in [5.74, 6) is -0.354. The molecule has 0 aliphatic heterocycles. The molecule has 1 atom stereocenters. The molecule has 0 aliphatic rings. The van der Waals surface area contributed by atoms with Crippen LogP contribution in [0.25, 0.3) is 10.9 Å². The lowest BCUT2D eigenvalue weighted by molar-refractivity contribution is 0.0960. The number of ketones is 1. The Morgan fingerprint density at radius 2 is 2.10 bits per heavy atom. The molecule has 1 unspecified atom stereocenters. The highest BCUT2D eigenvalue weighted by Crippen LogP contribution is 2.15. The highest BCUT2D eigenvalue weighted by molar-refractivity contribution is 7.90. The van der Waals surface area contributed by atoms with Crippen molar-refractivity contribution in [1.82, 2.24) is 4.98 Å². The summed E-state index contributed by atoms with van der Waals surface area (Å²) in [5, 5.41) is 0.939. The maximum absolute atomic E-state index is 12.2. The summed E-state index contributed by atoms with van der Waals surface area (Å²) in [6.07, 6.45) is 2.90. The third-order valence-electron chi connectivity index (χ3n) is 3.03. The van der Waals surface area contributed by atoms with Gasteiger partial charge in [-0.15, -0.1) is 0 Å². The Labute approximate surface area is 117 Å². The van der Waals surface area contributed by atoms with Crippen molar-refractivity contribution in [2.45, 2.75) is 12.5 Å². The van der Waals surface area contributed by atoms with Crippen LogP contribution in [0, 0.1) is 0 Å². The zero-order valence-electron chi connectivity index (χ0n) is 11.1. The van der Waals surface area contributed by atoms with Gasteiger partial charge in [-0.25, -0.2) is 8.42 Å². The van der Waals surface area contributed by atoms with Crippen LogP contribution in [0.2, 0.25) is 0 Å². The summed E-state index contributed by atoms with van der Waals surface area (Å²) in [7, 11) is -3.11. The van der Waals surface area contributed by atoms with E-state index in [1.807, 2.05) is 12.1 Å². The molecule has 2 aromatic rings. The SMILES string of the molecule is CS(=O)(=O)CCC(N)C(=O)c1ccc2cccnc2c1. The molecule has 106 valence electrons. The average Bonchev–Trinajstić information content (AvgIpc) is 2.42. The molecule has 0 saturated carbocycles. The molecule has 2 rings (SSSR count). The van der Waals surface area contributed by atoms with Crippen LogP contribution < -0.4 is 5.73 Å². The number of benzene rings is 1. The van der Waals surface area contributed by atoms with Gasteiger partial charge >= 0.3 is 0 Å². The lowest BCUT2D eigenvalue weighted by Gasteiger charge is -2.10. The van der Waals surface area contributed by atoms with Crippen molar-refractivity contribution in [2.75, 3.05) is 12.0 Å². The monoisotopic (exact) mass is 292 g/mol. The van der Waals surface area contributed by atoms with E-state index in [0.717, 1.165) is 11.6 Å². The summed E-state index contributed by atoms with van der Waals surface area (Å²) in [4.78, 5) is 16.3. The number of Topliss-reactive ketones (excluding diaryl/α,β-unsaturated/α-hetero) is 1. The van der Waals surface area contributed by atoms with E-state index in [-0.39, 0.29) is 18.0 Å². The van der Waals surface area contributed by atoms with E-state index in [9.17, 15) is 13.2 Å². The molecule has 1 aromatic carbocycles. The van der Waals surface area contributed by atoms with Gasteiger partial charge in [-0.3, -0.25) is 9.78 Å². The number of fused-ring (bicyclic) bond motifs is 1. The minimum absolute atomic E-state index is 0.0915. The Hall–Kier alpha value is -1.79. The van der Waals surface area contributed by atoms with Crippen LogP contribution in [0.1, 0.15) is 16.8 Å². The molecule has 0 radical (unpaired) electrons. The molecule has 0 bridgehead atoms. The smallest absolute Gasteiger partial charge is 0.179 e. The second-order valence-corrected chi connectivity index (χ2v) is 7.06. The summed E-state index contributed by atoms with van der Waals surface area (Å²) >= 11 is 0. The average molecular weight is 292 g/mol. The van der Waals surface area contributed by atoms with Crippen molar-refractivity contribution >= 4 is 26.5 Å². The first kappa shape index (κ1) is 14.6. The van der Waals surface area contributed by atoms with Gasteiger partial charge in [0.15, 0.2) is 5.78 Å². The minimum atomic E-state index is -3.11. The largest absolute Gasteiger partial charge is 0.321 e. The van der Waals surface area contributed by atoms with Crippen LogP contribution in [-0.4, -0.2) is 37.2 Å². The van der Waals surface area contributed by atoms with E-state index in [1.165, 1.54) is 0 Å². The minimum Gasteiger partial charge on any atom is -0.321 e. The molecular formula is C14H16N2O3S. The van der Waals surface area contributed by atoms with E-state index in [2.05, 4.69) is 4.98 Å². The summed E-state index contributed by atoms with van der Waals surface area (Å²) < 4.78 is 22.2. The maximum Gasteiger partial charge on any atom is 0.179 e. The van der Waals surface area contributed by atoms with Gasteiger partial charge in [0.05, 0.1) is 17.3 Å². The number of rotatable bonds is 5.